The van der Waals surface area contributed by atoms with Crippen molar-refractivity contribution in [3.05, 3.63) is 29.8 Å². The van der Waals surface area contributed by atoms with Crippen molar-refractivity contribution in [2.45, 2.75) is 6.04 Å². The number of hydrogen-bond donors (Lipinski definition) is 2. The van der Waals surface area contributed by atoms with Gasteiger partial charge in [0.1, 0.15) is 0 Å². The van der Waals surface area contributed by atoms with Crippen molar-refractivity contribution in [3.63, 3.8) is 0 Å². The van der Waals surface area contributed by atoms with Gasteiger partial charge in [-0.05, 0) is 17.7 Å². The Morgan fingerprint density at radius 2 is 1.85 bits per heavy atom. The molecule has 0 heterocycles. The molecule has 0 bridgehead atoms. The fourth-order valence-electron chi connectivity index (χ4n) is 1.13. The first kappa shape index (κ1) is 10.4. The van der Waals surface area contributed by atoms with Gasteiger partial charge < -0.3 is 10.6 Å². The van der Waals surface area contributed by atoms with Crippen molar-refractivity contribution in [2.24, 2.45) is 5.73 Å². The monoisotopic (exact) mass is 196 g/mol. The van der Waals surface area contributed by atoms with Crippen LogP contribution in [0.25, 0.3) is 0 Å². The van der Waals surface area contributed by atoms with Crippen molar-refractivity contribution >= 4 is 18.3 Å². The van der Waals surface area contributed by atoms with E-state index in [1.807, 2.05) is 14.1 Å². The molecular weight excluding hydrogens is 180 g/mol. The minimum absolute atomic E-state index is 0.0412. The van der Waals surface area contributed by atoms with Crippen LogP contribution in [0.5, 0.6) is 0 Å². The van der Waals surface area contributed by atoms with Crippen LogP contribution in [0.3, 0.4) is 0 Å². The highest BCUT2D eigenvalue weighted by Crippen LogP contribution is 2.16. The van der Waals surface area contributed by atoms with E-state index in [-0.39, 0.29) is 6.04 Å². The average molecular weight is 196 g/mol. The topological polar surface area (TPSA) is 29.3 Å². The predicted molar refractivity (Wildman–Crippen MR) is 61.6 cm³/mol. The molecule has 13 heavy (non-hydrogen) atoms. The van der Waals surface area contributed by atoms with Crippen LogP contribution in [0.4, 0.5) is 5.69 Å². The summed E-state index contributed by atoms with van der Waals surface area (Å²) in [5, 5.41) is 0. The van der Waals surface area contributed by atoms with E-state index in [1.165, 1.54) is 5.69 Å². The maximum Gasteiger partial charge on any atom is 0.0384 e. The number of hydrogen-bond acceptors (Lipinski definition) is 3. The van der Waals surface area contributed by atoms with Crippen molar-refractivity contribution in [1.82, 2.24) is 0 Å². The smallest absolute Gasteiger partial charge is 0.0384 e. The molecule has 0 fully saturated rings. The zero-order valence-corrected chi connectivity index (χ0v) is 8.96. The lowest BCUT2D eigenvalue weighted by Gasteiger charge is -2.14. The summed E-state index contributed by atoms with van der Waals surface area (Å²) in [7, 11) is 4.04. The van der Waals surface area contributed by atoms with Gasteiger partial charge in [0.05, 0.1) is 0 Å². The molecule has 3 heteroatoms. The molecule has 1 aromatic rings. The Labute approximate surface area is 85.1 Å². The highest BCUT2D eigenvalue weighted by molar-refractivity contribution is 7.80. The van der Waals surface area contributed by atoms with E-state index in [1.54, 1.807) is 0 Å². The number of nitrogens with zero attached hydrogens (tertiary/aromatic N) is 1. The molecule has 0 aliphatic heterocycles. The lowest BCUT2D eigenvalue weighted by atomic mass is 10.1. The molecule has 1 rings (SSSR count). The molecule has 0 aromatic heterocycles. The van der Waals surface area contributed by atoms with Crippen LogP contribution in [0.15, 0.2) is 24.3 Å². The van der Waals surface area contributed by atoms with E-state index >= 15 is 0 Å². The molecule has 0 aliphatic carbocycles. The highest BCUT2D eigenvalue weighted by atomic mass is 32.1. The first-order valence-corrected chi connectivity index (χ1v) is 4.92. The van der Waals surface area contributed by atoms with Gasteiger partial charge in [0.25, 0.3) is 0 Å². The third-order valence-corrected chi connectivity index (χ3v) is 2.43. The second-order valence-electron chi connectivity index (χ2n) is 3.28. The van der Waals surface area contributed by atoms with E-state index < -0.39 is 0 Å². The molecule has 0 amide bonds. The molecule has 1 aromatic carbocycles. The predicted octanol–water partition coefficient (Wildman–Crippen LogP) is 1.68. The number of nitrogens with two attached hydrogens (primary N) is 1. The Kier molecular flexibility index (Phi) is 3.63. The van der Waals surface area contributed by atoms with Gasteiger partial charge in [-0.25, -0.2) is 0 Å². The largest absolute Gasteiger partial charge is 0.378 e. The minimum atomic E-state index is 0.0412. The van der Waals surface area contributed by atoms with Crippen molar-refractivity contribution in [1.29, 1.82) is 0 Å². The molecule has 0 spiro atoms. The Balaban J connectivity index is 2.81. The highest BCUT2D eigenvalue weighted by Gasteiger charge is 2.03. The minimum Gasteiger partial charge on any atom is -0.378 e. The Morgan fingerprint density at radius 1 is 1.31 bits per heavy atom. The maximum atomic E-state index is 5.83. The van der Waals surface area contributed by atoms with Crippen molar-refractivity contribution in [3.8, 4) is 0 Å². The second kappa shape index (κ2) is 4.53. The molecule has 2 nitrogen and oxygen atoms in total. The molecule has 0 radical (unpaired) electrons. The number of anilines is 1. The summed E-state index contributed by atoms with van der Waals surface area (Å²) in [5.41, 5.74) is 8.16. The zero-order valence-electron chi connectivity index (χ0n) is 8.07. The van der Waals surface area contributed by atoms with Gasteiger partial charge in [0.2, 0.25) is 0 Å². The third kappa shape index (κ3) is 2.64. The number of benzene rings is 1. The molecule has 0 saturated heterocycles. The third-order valence-electron chi connectivity index (χ3n) is 2.03. The Bertz CT molecular complexity index is 256. The molecule has 0 aliphatic rings. The van der Waals surface area contributed by atoms with Crippen LogP contribution in [0, 0.1) is 0 Å². The van der Waals surface area contributed by atoms with Crippen LogP contribution in [-0.4, -0.2) is 19.8 Å². The van der Waals surface area contributed by atoms with E-state index in [4.69, 9.17) is 5.73 Å². The molecule has 1 atom stereocenters. The van der Waals surface area contributed by atoms with Crippen LogP contribution >= 0.6 is 12.6 Å². The molecular formula is C10H16N2S. The van der Waals surface area contributed by atoms with Gasteiger partial charge in [-0.15, -0.1) is 0 Å². The van der Waals surface area contributed by atoms with Gasteiger partial charge in [-0.2, -0.15) is 12.6 Å². The summed E-state index contributed by atoms with van der Waals surface area (Å²) in [6.45, 7) is 0. The van der Waals surface area contributed by atoms with Crippen LogP contribution in [-0.2, 0) is 0 Å². The number of thiol groups is 1. The first-order chi connectivity index (χ1) is 6.15. The van der Waals surface area contributed by atoms with E-state index in [9.17, 15) is 0 Å². The van der Waals surface area contributed by atoms with Crippen molar-refractivity contribution < 1.29 is 0 Å². The fraction of sp³-hybridized carbons (Fsp3) is 0.400. The fourth-order valence-corrected chi connectivity index (χ4v) is 1.34. The first-order valence-electron chi connectivity index (χ1n) is 4.29. The molecule has 2 N–H and O–H groups in total. The van der Waals surface area contributed by atoms with Gasteiger partial charge in [0.15, 0.2) is 0 Å². The quantitative estimate of drug-likeness (QED) is 0.720. The average Bonchev–Trinajstić information content (AvgIpc) is 2.17. The Hall–Kier alpha value is -0.670. The van der Waals surface area contributed by atoms with E-state index in [0.717, 1.165) is 5.56 Å². The number of rotatable bonds is 3. The summed E-state index contributed by atoms with van der Waals surface area (Å²) >= 11 is 4.16. The van der Waals surface area contributed by atoms with Crippen LogP contribution in [0.1, 0.15) is 11.6 Å². The maximum absolute atomic E-state index is 5.83. The molecule has 1 unspecified atom stereocenters. The van der Waals surface area contributed by atoms with E-state index in [0.29, 0.717) is 5.75 Å². The normalized spacial score (nSPS) is 12.6. The van der Waals surface area contributed by atoms with Gasteiger partial charge >= 0.3 is 0 Å². The van der Waals surface area contributed by atoms with Crippen molar-refractivity contribution in [2.75, 3.05) is 24.7 Å². The van der Waals surface area contributed by atoms with Gasteiger partial charge in [-0.1, -0.05) is 12.1 Å². The summed E-state index contributed by atoms with van der Waals surface area (Å²) in [6.07, 6.45) is 0. The van der Waals surface area contributed by atoms with Crippen LogP contribution < -0.4 is 10.6 Å². The standard InChI is InChI=1S/C10H16N2S/c1-12(2)9-5-3-8(4-6-9)10(11)7-13/h3-6,10,13H,7,11H2,1-2H3. The lowest BCUT2D eigenvalue weighted by Crippen LogP contribution is -2.12. The van der Waals surface area contributed by atoms with Crippen LogP contribution in [0.2, 0.25) is 0 Å². The SMILES string of the molecule is CN(C)c1ccc(C(N)CS)cc1. The summed E-state index contributed by atoms with van der Waals surface area (Å²) in [6, 6.07) is 8.28. The second-order valence-corrected chi connectivity index (χ2v) is 3.64. The zero-order chi connectivity index (χ0) is 9.84. The van der Waals surface area contributed by atoms with E-state index in [2.05, 4.69) is 41.8 Å². The Morgan fingerprint density at radius 3 is 2.23 bits per heavy atom. The van der Waals surface area contributed by atoms with Gasteiger partial charge in [0, 0.05) is 31.6 Å². The summed E-state index contributed by atoms with van der Waals surface area (Å²) < 4.78 is 0. The lowest BCUT2D eigenvalue weighted by molar-refractivity contribution is 0.834. The van der Waals surface area contributed by atoms with Gasteiger partial charge in [-0.3, -0.25) is 0 Å². The summed E-state index contributed by atoms with van der Waals surface area (Å²) in [5.74, 6) is 0.682. The molecule has 72 valence electrons. The molecule has 0 saturated carbocycles. The summed E-state index contributed by atoms with van der Waals surface area (Å²) in [4.78, 5) is 2.07.